The summed E-state index contributed by atoms with van der Waals surface area (Å²) < 4.78 is 45.5. The number of pyridine rings is 2. The number of nitrogens with zero attached hydrogens (tertiary/aromatic N) is 4. The van der Waals surface area contributed by atoms with Crippen molar-refractivity contribution in [3.05, 3.63) is 71.3 Å². The highest BCUT2D eigenvalue weighted by Gasteiger charge is 2.32. The van der Waals surface area contributed by atoms with Crippen LogP contribution in [0.2, 0.25) is 0 Å². The van der Waals surface area contributed by atoms with Gasteiger partial charge in [0.1, 0.15) is 17.1 Å². The Hall–Kier alpha value is -2.83. The Labute approximate surface area is 160 Å². The van der Waals surface area contributed by atoms with E-state index in [1.807, 2.05) is 46.8 Å². The van der Waals surface area contributed by atoms with Gasteiger partial charge in [0.15, 0.2) is 0 Å². The minimum absolute atomic E-state index is 0.236. The van der Waals surface area contributed by atoms with Crippen LogP contribution in [0.25, 0.3) is 11.3 Å². The van der Waals surface area contributed by atoms with Crippen molar-refractivity contribution in [1.29, 1.82) is 0 Å². The molecule has 0 aromatic carbocycles. The molecule has 0 atom stereocenters. The first kappa shape index (κ1) is 18.5. The van der Waals surface area contributed by atoms with Crippen molar-refractivity contribution in [2.24, 2.45) is 0 Å². The third-order valence-electron chi connectivity index (χ3n) is 5.26. The Morgan fingerprint density at radius 1 is 0.821 bits per heavy atom. The SMILES string of the molecule is CC(C)(C)c1ccc(C(C)(C)c2cc(F)cn3c(F)cnc23)n2c(F)cnc12. The maximum atomic E-state index is 14.8. The van der Waals surface area contributed by atoms with E-state index in [0.29, 0.717) is 16.9 Å². The predicted molar refractivity (Wildman–Crippen MR) is 101 cm³/mol. The second-order valence-corrected chi connectivity index (χ2v) is 8.59. The van der Waals surface area contributed by atoms with Crippen LogP contribution in [-0.2, 0) is 10.8 Å². The summed E-state index contributed by atoms with van der Waals surface area (Å²) in [5.74, 6) is -1.76. The van der Waals surface area contributed by atoms with E-state index in [1.54, 1.807) is 0 Å². The van der Waals surface area contributed by atoms with Crippen molar-refractivity contribution < 1.29 is 13.2 Å². The lowest BCUT2D eigenvalue weighted by Crippen LogP contribution is -2.26. The second kappa shape index (κ2) is 5.83. The van der Waals surface area contributed by atoms with Crippen LogP contribution in [0.5, 0.6) is 0 Å². The summed E-state index contributed by atoms with van der Waals surface area (Å²) in [6.45, 7) is 9.76. The molecule has 0 N–H and O–H groups in total. The summed E-state index contributed by atoms with van der Waals surface area (Å²) >= 11 is 0. The van der Waals surface area contributed by atoms with Crippen molar-refractivity contribution >= 4 is 11.3 Å². The molecule has 0 unspecified atom stereocenters. The van der Waals surface area contributed by atoms with Gasteiger partial charge in [0.05, 0.1) is 12.4 Å². The molecular weight excluding hydrogens is 365 g/mol. The standard InChI is InChI=1S/C21H21F3N4/c1-20(2,3)13-6-7-15(28-17(24)10-26-19(13)28)21(4,5)14-8-12(22)11-27-16(23)9-25-18(14)27/h6-11H,1-5H3. The van der Waals surface area contributed by atoms with Crippen LogP contribution in [-0.4, -0.2) is 18.8 Å². The fourth-order valence-electron chi connectivity index (χ4n) is 3.76. The van der Waals surface area contributed by atoms with Crippen LogP contribution >= 0.6 is 0 Å². The zero-order valence-electron chi connectivity index (χ0n) is 16.4. The van der Waals surface area contributed by atoms with E-state index >= 15 is 0 Å². The first-order chi connectivity index (χ1) is 13.0. The zero-order valence-corrected chi connectivity index (χ0v) is 16.4. The fourth-order valence-corrected chi connectivity index (χ4v) is 3.76. The molecule has 0 bridgehead atoms. The normalized spacial score (nSPS) is 13.0. The van der Waals surface area contributed by atoms with Crippen LogP contribution in [0.3, 0.4) is 0 Å². The number of halogens is 3. The molecular formula is C21H21F3N4. The van der Waals surface area contributed by atoms with E-state index in [0.717, 1.165) is 22.4 Å². The Kier molecular flexibility index (Phi) is 3.86. The molecule has 0 aliphatic rings. The van der Waals surface area contributed by atoms with Crippen molar-refractivity contribution in [2.45, 2.75) is 45.4 Å². The fraction of sp³-hybridized carbons (Fsp3) is 0.333. The molecule has 0 saturated carbocycles. The van der Waals surface area contributed by atoms with Crippen LogP contribution in [0.1, 0.15) is 51.4 Å². The maximum Gasteiger partial charge on any atom is 0.218 e. The van der Waals surface area contributed by atoms with Gasteiger partial charge < -0.3 is 0 Å². The lowest BCUT2D eigenvalue weighted by molar-refractivity contribution is 0.519. The van der Waals surface area contributed by atoms with Crippen LogP contribution in [0.4, 0.5) is 13.2 Å². The van der Waals surface area contributed by atoms with E-state index in [4.69, 9.17) is 0 Å². The lowest BCUT2D eigenvalue weighted by Gasteiger charge is -2.29. The maximum absolute atomic E-state index is 14.8. The van der Waals surface area contributed by atoms with E-state index in [9.17, 15) is 13.2 Å². The number of hydrogen-bond donors (Lipinski definition) is 0. The molecule has 0 radical (unpaired) electrons. The summed E-state index contributed by atoms with van der Waals surface area (Å²) in [5.41, 5.74) is 1.61. The summed E-state index contributed by atoms with van der Waals surface area (Å²) in [7, 11) is 0. The summed E-state index contributed by atoms with van der Waals surface area (Å²) in [4.78, 5) is 8.37. The molecule has 4 aromatic heterocycles. The highest BCUT2D eigenvalue weighted by atomic mass is 19.1. The van der Waals surface area contributed by atoms with Gasteiger partial charge in [-0.05, 0) is 17.5 Å². The largest absolute Gasteiger partial charge is 0.273 e. The molecule has 0 aliphatic heterocycles. The Bertz CT molecular complexity index is 1210. The topological polar surface area (TPSA) is 34.6 Å². The molecule has 0 spiro atoms. The summed E-state index contributed by atoms with van der Waals surface area (Å²) in [5, 5.41) is 0. The second-order valence-electron chi connectivity index (χ2n) is 8.59. The number of aromatic nitrogens is 4. The Morgan fingerprint density at radius 3 is 2.14 bits per heavy atom. The number of imidazole rings is 2. The third kappa shape index (κ3) is 2.60. The molecule has 0 amide bonds. The van der Waals surface area contributed by atoms with Crippen LogP contribution in [0.15, 0.2) is 36.8 Å². The molecule has 7 heteroatoms. The van der Waals surface area contributed by atoms with Crippen molar-refractivity contribution in [3.63, 3.8) is 0 Å². The van der Waals surface area contributed by atoms with Gasteiger partial charge in [-0.25, -0.2) is 14.4 Å². The smallest absolute Gasteiger partial charge is 0.218 e. The molecule has 0 fully saturated rings. The zero-order chi connectivity index (χ0) is 20.4. The highest BCUT2D eigenvalue weighted by molar-refractivity contribution is 5.59. The highest BCUT2D eigenvalue weighted by Crippen LogP contribution is 2.37. The van der Waals surface area contributed by atoms with Gasteiger partial charge in [0.25, 0.3) is 0 Å². The molecule has 0 aliphatic carbocycles. The molecule has 0 saturated heterocycles. The van der Waals surface area contributed by atoms with E-state index in [-0.39, 0.29) is 11.1 Å². The van der Waals surface area contributed by atoms with E-state index < -0.39 is 23.1 Å². The van der Waals surface area contributed by atoms with Crippen LogP contribution in [0, 0.1) is 17.7 Å². The molecule has 4 aromatic rings. The molecule has 4 nitrogen and oxygen atoms in total. The lowest BCUT2D eigenvalue weighted by atomic mass is 9.80. The monoisotopic (exact) mass is 386 g/mol. The van der Waals surface area contributed by atoms with Crippen molar-refractivity contribution in [1.82, 2.24) is 18.8 Å². The average molecular weight is 386 g/mol. The summed E-state index contributed by atoms with van der Waals surface area (Å²) in [6.07, 6.45) is 3.28. The van der Waals surface area contributed by atoms with Gasteiger partial charge in [-0.2, -0.15) is 8.78 Å². The quantitative estimate of drug-likeness (QED) is 0.485. The first-order valence-electron chi connectivity index (χ1n) is 9.01. The average Bonchev–Trinajstić information content (AvgIpc) is 3.16. The first-order valence-corrected chi connectivity index (χ1v) is 9.01. The Morgan fingerprint density at radius 2 is 1.46 bits per heavy atom. The minimum atomic E-state index is -0.878. The summed E-state index contributed by atoms with van der Waals surface area (Å²) in [6, 6.07) is 5.06. The molecule has 4 rings (SSSR count). The van der Waals surface area contributed by atoms with Crippen LogP contribution < -0.4 is 0 Å². The van der Waals surface area contributed by atoms with Crippen molar-refractivity contribution in [2.75, 3.05) is 0 Å². The number of hydrogen-bond acceptors (Lipinski definition) is 2. The minimum Gasteiger partial charge on any atom is -0.273 e. The number of rotatable bonds is 2. The molecule has 4 heterocycles. The van der Waals surface area contributed by atoms with E-state index in [1.165, 1.54) is 16.7 Å². The Balaban J connectivity index is 2.05. The van der Waals surface area contributed by atoms with E-state index in [2.05, 4.69) is 9.97 Å². The molecule has 146 valence electrons. The predicted octanol–water partition coefficient (Wildman–Crippen LogP) is 5.02. The van der Waals surface area contributed by atoms with Crippen molar-refractivity contribution in [3.8, 4) is 0 Å². The van der Waals surface area contributed by atoms with Gasteiger partial charge in [0.2, 0.25) is 11.9 Å². The van der Waals surface area contributed by atoms with Gasteiger partial charge in [-0.15, -0.1) is 0 Å². The third-order valence-corrected chi connectivity index (χ3v) is 5.26. The van der Waals surface area contributed by atoms with Gasteiger partial charge in [-0.3, -0.25) is 8.80 Å². The number of fused-ring (bicyclic) bond motifs is 2. The van der Waals surface area contributed by atoms with Gasteiger partial charge in [-0.1, -0.05) is 40.7 Å². The van der Waals surface area contributed by atoms with Gasteiger partial charge >= 0.3 is 0 Å². The van der Waals surface area contributed by atoms with Gasteiger partial charge in [0, 0.05) is 28.4 Å². The molecule has 28 heavy (non-hydrogen) atoms.